The average molecular weight is 436 g/mol. The highest BCUT2D eigenvalue weighted by Crippen LogP contribution is 2.38. The summed E-state index contributed by atoms with van der Waals surface area (Å²) in [6.07, 6.45) is 5.26. The number of carbonyl (C=O) groups excluding carboxylic acids is 1. The number of hydrogen-bond acceptors (Lipinski definition) is 6. The number of nitrogens with one attached hydrogen (secondary N) is 2. The second-order valence-corrected chi connectivity index (χ2v) is 7.85. The third-order valence-electron chi connectivity index (χ3n) is 5.31. The molecule has 4 aromatic rings. The minimum Gasteiger partial charge on any atom is -0.494 e. The highest BCUT2D eigenvalue weighted by atomic mass is 35.5. The van der Waals surface area contributed by atoms with Gasteiger partial charge in [-0.25, -0.2) is 14.5 Å². The summed E-state index contributed by atoms with van der Waals surface area (Å²) in [5, 5.41) is 7.61. The molecule has 3 heterocycles. The number of benzene rings is 1. The Labute approximate surface area is 182 Å². The van der Waals surface area contributed by atoms with Crippen LogP contribution in [0.3, 0.4) is 0 Å². The Morgan fingerprint density at radius 2 is 2.26 bits per heavy atom. The number of aromatic nitrogens is 5. The van der Waals surface area contributed by atoms with Crippen molar-refractivity contribution >= 4 is 39.9 Å². The first-order valence-corrected chi connectivity index (χ1v) is 9.99. The summed E-state index contributed by atoms with van der Waals surface area (Å²) in [5.41, 5.74) is 8.36. The number of fused-ring (bicyclic) bond motifs is 2. The first-order valence-electron chi connectivity index (χ1n) is 9.61. The maximum absolute atomic E-state index is 12.8. The summed E-state index contributed by atoms with van der Waals surface area (Å²) in [6.45, 7) is 0. The number of nitrogens with zero attached hydrogens (tertiary/aromatic N) is 4. The molecule has 156 valence electrons. The molecule has 0 bridgehead atoms. The number of para-hydroxylation sites is 1. The van der Waals surface area contributed by atoms with Crippen LogP contribution >= 0.6 is 11.6 Å². The molecule has 0 unspecified atom stereocenters. The lowest BCUT2D eigenvalue weighted by atomic mass is 10.2. The number of rotatable bonds is 4. The Balaban J connectivity index is 1.32. The molecule has 0 spiro atoms. The number of nitrogens with two attached hydrogens (primary N) is 1. The summed E-state index contributed by atoms with van der Waals surface area (Å²) in [6, 6.07) is 5.50. The number of halogens is 1. The molecule has 4 N–H and O–H groups in total. The number of aromatic amines is 1. The number of anilines is 1. The van der Waals surface area contributed by atoms with E-state index in [9.17, 15) is 4.79 Å². The quantitative estimate of drug-likeness (QED) is 0.423. The van der Waals surface area contributed by atoms with Gasteiger partial charge in [0, 0.05) is 6.42 Å². The van der Waals surface area contributed by atoms with E-state index in [2.05, 4.69) is 37.2 Å². The van der Waals surface area contributed by atoms with Crippen molar-refractivity contribution in [2.75, 3.05) is 12.8 Å². The van der Waals surface area contributed by atoms with Crippen molar-refractivity contribution in [1.29, 1.82) is 0 Å². The summed E-state index contributed by atoms with van der Waals surface area (Å²) >= 11 is 5.98. The molecule has 5 rings (SSSR count). The molecule has 0 radical (unpaired) electrons. The van der Waals surface area contributed by atoms with Crippen molar-refractivity contribution in [3.63, 3.8) is 0 Å². The van der Waals surface area contributed by atoms with Gasteiger partial charge in [0.15, 0.2) is 11.5 Å². The van der Waals surface area contributed by atoms with Gasteiger partial charge in [-0.05, 0) is 30.9 Å². The van der Waals surface area contributed by atoms with E-state index in [-0.39, 0.29) is 17.3 Å². The number of hydrogen-bond donors (Lipinski definition) is 3. The number of carbonyl (C=O) groups is 1. The van der Waals surface area contributed by atoms with E-state index < -0.39 is 0 Å². The standard InChI is InChI=1S/C21H18ClN7O2/c1-31-15-6-2-5-14-17(15)27-18(26-14)20(30)28-21(8-9-21)7-3-4-12-10-24-19-16(23)13(22)11-25-29(12)19/h2,5-6,10-11H,7-9,23H2,1H3,(H,26,27)(H,28,30). The van der Waals surface area contributed by atoms with Crippen LogP contribution in [0.5, 0.6) is 5.75 Å². The molecule has 31 heavy (non-hydrogen) atoms. The van der Waals surface area contributed by atoms with Crippen molar-refractivity contribution in [3.05, 3.63) is 47.1 Å². The fourth-order valence-corrected chi connectivity index (χ4v) is 3.52. The fourth-order valence-electron chi connectivity index (χ4n) is 3.40. The molecule has 1 aliphatic rings. The Morgan fingerprint density at radius 3 is 3.03 bits per heavy atom. The Kier molecular flexibility index (Phi) is 4.45. The molecule has 3 aromatic heterocycles. The van der Waals surface area contributed by atoms with Gasteiger partial charge in [0.05, 0.1) is 41.3 Å². The lowest BCUT2D eigenvalue weighted by molar-refractivity contribution is 0.0923. The van der Waals surface area contributed by atoms with Crippen LogP contribution in [0, 0.1) is 11.8 Å². The third-order valence-corrected chi connectivity index (χ3v) is 5.61. The summed E-state index contributed by atoms with van der Waals surface area (Å²) in [5.74, 6) is 6.78. The average Bonchev–Trinajstić information content (AvgIpc) is 3.20. The van der Waals surface area contributed by atoms with E-state index in [1.54, 1.807) is 23.9 Å². The molecule has 10 heteroatoms. The third kappa shape index (κ3) is 3.41. The van der Waals surface area contributed by atoms with Gasteiger partial charge in [-0.2, -0.15) is 5.10 Å². The molecule has 1 aromatic carbocycles. The van der Waals surface area contributed by atoms with Crippen LogP contribution < -0.4 is 15.8 Å². The lowest BCUT2D eigenvalue weighted by Gasteiger charge is -2.12. The molecule has 0 atom stereocenters. The largest absolute Gasteiger partial charge is 0.494 e. The predicted octanol–water partition coefficient (Wildman–Crippen LogP) is 2.55. The zero-order valence-electron chi connectivity index (χ0n) is 16.6. The molecule has 1 aliphatic carbocycles. The van der Waals surface area contributed by atoms with E-state index >= 15 is 0 Å². The minimum absolute atomic E-state index is 0.247. The van der Waals surface area contributed by atoms with Crippen LogP contribution in [0.4, 0.5) is 5.69 Å². The van der Waals surface area contributed by atoms with Crippen LogP contribution in [0.25, 0.3) is 16.7 Å². The van der Waals surface area contributed by atoms with Gasteiger partial charge in [-0.15, -0.1) is 0 Å². The van der Waals surface area contributed by atoms with Crippen molar-refractivity contribution in [2.45, 2.75) is 24.8 Å². The predicted molar refractivity (Wildman–Crippen MR) is 116 cm³/mol. The number of ether oxygens (including phenoxy) is 1. The van der Waals surface area contributed by atoms with Gasteiger partial charge in [0.1, 0.15) is 17.0 Å². The summed E-state index contributed by atoms with van der Waals surface area (Å²) in [4.78, 5) is 24.4. The van der Waals surface area contributed by atoms with Crippen molar-refractivity contribution in [2.24, 2.45) is 0 Å². The highest BCUT2D eigenvalue weighted by Gasteiger charge is 2.43. The lowest BCUT2D eigenvalue weighted by Crippen LogP contribution is -2.37. The smallest absolute Gasteiger partial charge is 0.287 e. The van der Waals surface area contributed by atoms with E-state index in [4.69, 9.17) is 22.1 Å². The second kappa shape index (κ2) is 7.18. The van der Waals surface area contributed by atoms with Crippen molar-refractivity contribution in [3.8, 4) is 17.6 Å². The van der Waals surface area contributed by atoms with Gasteiger partial charge < -0.3 is 20.8 Å². The summed E-state index contributed by atoms with van der Waals surface area (Å²) in [7, 11) is 1.57. The van der Waals surface area contributed by atoms with Crippen molar-refractivity contribution in [1.82, 2.24) is 29.9 Å². The number of nitrogen functional groups attached to an aromatic ring is 1. The maximum atomic E-state index is 12.8. The normalized spacial score (nSPS) is 14.3. The molecule has 1 saturated carbocycles. The van der Waals surface area contributed by atoms with Gasteiger partial charge in [-0.3, -0.25) is 4.79 Å². The minimum atomic E-state index is -0.358. The molecular weight excluding hydrogens is 418 g/mol. The van der Waals surface area contributed by atoms with E-state index in [0.717, 1.165) is 18.4 Å². The Bertz CT molecular complexity index is 1390. The number of H-pyrrole nitrogens is 1. The van der Waals surface area contributed by atoms with Gasteiger partial charge in [0.25, 0.3) is 5.91 Å². The van der Waals surface area contributed by atoms with Crippen LogP contribution in [0.2, 0.25) is 5.02 Å². The van der Waals surface area contributed by atoms with E-state index in [0.29, 0.717) is 39.7 Å². The fraction of sp³-hybridized carbons (Fsp3) is 0.238. The maximum Gasteiger partial charge on any atom is 0.287 e. The van der Waals surface area contributed by atoms with Gasteiger partial charge in [0.2, 0.25) is 0 Å². The number of amides is 1. The number of imidazole rings is 2. The van der Waals surface area contributed by atoms with Crippen LogP contribution in [-0.4, -0.2) is 43.1 Å². The van der Waals surface area contributed by atoms with Gasteiger partial charge >= 0.3 is 0 Å². The molecule has 1 fully saturated rings. The van der Waals surface area contributed by atoms with Crippen LogP contribution in [-0.2, 0) is 0 Å². The molecule has 0 saturated heterocycles. The molecule has 1 amide bonds. The van der Waals surface area contributed by atoms with Gasteiger partial charge in [-0.1, -0.05) is 23.6 Å². The topological polar surface area (TPSA) is 123 Å². The number of methoxy groups -OCH3 is 1. The molecular formula is C21H18ClN7O2. The van der Waals surface area contributed by atoms with E-state index in [1.165, 1.54) is 6.20 Å². The highest BCUT2D eigenvalue weighted by molar-refractivity contribution is 6.33. The Morgan fingerprint density at radius 1 is 1.42 bits per heavy atom. The van der Waals surface area contributed by atoms with Crippen LogP contribution in [0.15, 0.2) is 30.6 Å². The second-order valence-electron chi connectivity index (χ2n) is 7.44. The monoisotopic (exact) mass is 435 g/mol. The molecule has 0 aliphatic heterocycles. The first kappa shape index (κ1) is 19.2. The first-order chi connectivity index (χ1) is 15.0. The zero-order chi connectivity index (χ0) is 21.6. The van der Waals surface area contributed by atoms with E-state index in [1.807, 2.05) is 12.1 Å². The van der Waals surface area contributed by atoms with Crippen molar-refractivity contribution < 1.29 is 9.53 Å². The zero-order valence-corrected chi connectivity index (χ0v) is 17.3. The van der Waals surface area contributed by atoms with Crippen LogP contribution in [0.1, 0.15) is 35.6 Å². The Hall–Kier alpha value is -3.77. The SMILES string of the molecule is COc1cccc2[nH]c(C(=O)NC3(CC#Cc4cnc5c(N)c(Cl)cnn45)CC3)nc12. The molecule has 9 nitrogen and oxygen atoms in total. The summed E-state index contributed by atoms with van der Waals surface area (Å²) < 4.78 is 6.86.